The van der Waals surface area contributed by atoms with Gasteiger partial charge in [-0.1, -0.05) is 27.7 Å². The monoisotopic (exact) mass is 456 g/mol. The molecule has 1 heterocycles. The number of aromatic nitrogens is 2. The molecule has 5 nitrogen and oxygen atoms in total. The lowest BCUT2D eigenvalue weighted by Gasteiger charge is -2.45. The summed E-state index contributed by atoms with van der Waals surface area (Å²) in [5.41, 5.74) is 3.03. The number of imidazole rings is 1. The van der Waals surface area contributed by atoms with Crippen LogP contribution < -0.4 is 10.1 Å². The van der Waals surface area contributed by atoms with Crippen LogP contribution in [0.2, 0.25) is 0 Å². The Morgan fingerprint density at radius 2 is 1.70 bits per heavy atom. The Labute approximate surface area is 191 Å². The molecule has 0 radical (unpaired) electrons. The molecule has 1 aliphatic rings. The molecule has 0 unspecified atom stereocenters. The zero-order chi connectivity index (χ0) is 24.0. The van der Waals surface area contributed by atoms with Crippen LogP contribution in [0.3, 0.4) is 0 Å². The number of rotatable bonds is 4. The van der Waals surface area contributed by atoms with Crippen molar-refractivity contribution >= 4 is 22.7 Å². The summed E-state index contributed by atoms with van der Waals surface area (Å²) in [4.78, 5) is 4.76. The zero-order valence-corrected chi connectivity index (χ0v) is 19.1. The summed E-state index contributed by atoms with van der Waals surface area (Å²) in [6, 6.07) is 13.4. The van der Waals surface area contributed by atoms with Gasteiger partial charge in [-0.25, -0.2) is 4.98 Å². The van der Waals surface area contributed by atoms with Gasteiger partial charge in [0, 0.05) is 11.7 Å². The van der Waals surface area contributed by atoms with E-state index in [1.807, 2.05) is 6.07 Å². The fourth-order valence-corrected chi connectivity index (χ4v) is 5.47. The van der Waals surface area contributed by atoms with E-state index in [9.17, 15) is 18.4 Å². The summed E-state index contributed by atoms with van der Waals surface area (Å²) < 4.78 is 43.6. The quantitative estimate of drug-likeness (QED) is 0.446. The summed E-state index contributed by atoms with van der Waals surface area (Å²) in [5, 5.41) is 12.6. The molecule has 3 aromatic rings. The maximum Gasteiger partial charge on any atom is 0.573 e. The van der Waals surface area contributed by atoms with Crippen molar-refractivity contribution in [1.82, 2.24) is 9.55 Å². The second kappa shape index (κ2) is 7.98. The molecule has 8 heteroatoms. The first-order valence-corrected chi connectivity index (χ1v) is 10.9. The van der Waals surface area contributed by atoms with E-state index in [4.69, 9.17) is 4.98 Å². The fourth-order valence-electron chi connectivity index (χ4n) is 5.47. The summed E-state index contributed by atoms with van der Waals surface area (Å²) in [5.74, 6) is 0.319. The van der Waals surface area contributed by atoms with E-state index in [-0.39, 0.29) is 22.6 Å². The van der Waals surface area contributed by atoms with Gasteiger partial charge in [0.1, 0.15) is 5.75 Å². The van der Waals surface area contributed by atoms with Crippen LogP contribution in [0.25, 0.3) is 11.0 Å². The van der Waals surface area contributed by atoms with Crippen LogP contribution in [0.1, 0.15) is 58.6 Å². The van der Waals surface area contributed by atoms with E-state index in [2.05, 4.69) is 48.4 Å². The van der Waals surface area contributed by atoms with Crippen LogP contribution >= 0.6 is 0 Å². The third-order valence-electron chi connectivity index (χ3n) is 6.06. The highest BCUT2D eigenvalue weighted by molar-refractivity contribution is 5.81. The molecule has 2 aromatic carbocycles. The van der Waals surface area contributed by atoms with Gasteiger partial charge in [0.25, 0.3) is 0 Å². The largest absolute Gasteiger partial charge is 0.573 e. The predicted octanol–water partition coefficient (Wildman–Crippen LogP) is 7.33. The first-order chi connectivity index (χ1) is 15.3. The van der Waals surface area contributed by atoms with Crippen molar-refractivity contribution in [2.24, 2.45) is 10.8 Å². The molecule has 1 saturated carbocycles. The lowest BCUT2D eigenvalue weighted by molar-refractivity contribution is -0.274. The highest BCUT2D eigenvalue weighted by Gasteiger charge is 2.40. The minimum Gasteiger partial charge on any atom is -0.406 e. The highest BCUT2D eigenvalue weighted by Crippen LogP contribution is 2.51. The molecular formula is C25H27F3N4O. The van der Waals surface area contributed by atoms with Crippen molar-refractivity contribution in [3.05, 3.63) is 48.0 Å². The van der Waals surface area contributed by atoms with Gasteiger partial charge in [-0.05, 0) is 72.6 Å². The molecular weight excluding hydrogens is 429 g/mol. The number of anilines is 2. The third-order valence-corrected chi connectivity index (χ3v) is 6.06. The summed E-state index contributed by atoms with van der Waals surface area (Å²) in [6.07, 6.45) is -1.68. The van der Waals surface area contributed by atoms with Crippen LogP contribution in [0, 0.1) is 22.2 Å². The average Bonchev–Trinajstić information content (AvgIpc) is 3.02. The summed E-state index contributed by atoms with van der Waals surface area (Å²) in [7, 11) is 0. The van der Waals surface area contributed by atoms with Crippen molar-refractivity contribution in [3.8, 4) is 11.8 Å². The number of hydrogen-bond donors (Lipinski definition) is 1. The molecule has 33 heavy (non-hydrogen) atoms. The Morgan fingerprint density at radius 1 is 1.06 bits per heavy atom. The van der Waals surface area contributed by atoms with Gasteiger partial charge in [-0.3, -0.25) is 0 Å². The highest BCUT2D eigenvalue weighted by atomic mass is 19.4. The van der Waals surface area contributed by atoms with Crippen LogP contribution in [-0.2, 0) is 0 Å². The minimum absolute atomic E-state index is 0.142. The van der Waals surface area contributed by atoms with Crippen LogP contribution in [0.5, 0.6) is 5.75 Å². The van der Waals surface area contributed by atoms with Gasteiger partial charge in [0.05, 0.1) is 22.7 Å². The first-order valence-electron chi connectivity index (χ1n) is 10.9. The average molecular weight is 457 g/mol. The van der Waals surface area contributed by atoms with Gasteiger partial charge in [0.2, 0.25) is 5.95 Å². The summed E-state index contributed by atoms with van der Waals surface area (Å²) in [6.45, 7) is 9.11. The molecule has 0 spiro atoms. The molecule has 0 aliphatic heterocycles. The van der Waals surface area contributed by atoms with Crippen molar-refractivity contribution in [1.29, 1.82) is 5.26 Å². The van der Waals surface area contributed by atoms with Gasteiger partial charge < -0.3 is 14.6 Å². The number of nitriles is 1. The van der Waals surface area contributed by atoms with E-state index in [0.717, 1.165) is 24.8 Å². The molecule has 174 valence electrons. The van der Waals surface area contributed by atoms with Crippen molar-refractivity contribution in [2.45, 2.75) is 59.4 Å². The van der Waals surface area contributed by atoms with Crippen LogP contribution in [0.15, 0.2) is 42.5 Å². The lowest BCUT2D eigenvalue weighted by atomic mass is 9.63. The van der Waals surface area contributed by atoms with E-state index >= 15 is 0 Å². The van der Waals surface area contributed by atoms with Crippen molar-refractivity contribution < 1.29 is 17.9 Å². The number of hydrogen-bond acceptors (Lipinski definition) is 4. The van der Waals surface area contributed by atoms with Gasteiger partial charge in [0.15, 0.2) is 0 Å². The standard InChI is InChI=1S/C25H27F3N4O/c1-23(2)12-18(13-24(3,4)15-23)32-21-10-5-16(14-29)11-20(21)31-22(32)30-17-6-8-19(9-7-17)33-25(26,27)28/h5-11,18H,12-13,15H2,1-4H3,(H,30,31). The molecule has 1 aromatic heterocycles. The number of benzene rings is 2. The number of nitrogens with zero attached hydrogens (tertiary/aromatic N) is 3. The van der Waals surface area contributed by atoms with E-state index in [1.54, 1.807) is 12.1 Å². The summed E-state index contributed by atoms with van der Waals surface area (Å²) >= 11 is 0. The van der Waals surface area contributed by atoms with E-state index < -0.39 is 6.36 Å². The molecule has 1 fully saturated rings. The van der Waals surface area contributed by atoms with E-state index in [0.29, 0.717) is 22.7 Å². The molecule has 1 aliphatic carbocycles. The van der Waals surface area contributed by atoms with Crippen LogP contribution in [0.4, 0.5) is 24.8 Å². The van der Waals surface area contributed by atoms with Crippen molar-refractivity contribution in [2.75, 3.05) is 5.32 Å². The Kier molecular flexibility index (Phi) is 5.55. The molecule has 1 N–H and O–H groups in total. The predicted molar refractivity (Wildman–Crippen MR) is 121 cm³/mol. The number of fused-ring (bicyclic) bond motifs is 1. The molecule has 4 rings (SSSR count). The number of alkyl halides is 3. The molecule has 0 amide bonds. The van der Waals surface area contributed by atoms with Crippen molar-refractivity contribution in [3.63, 3.8) is 0 Å². The van der Waals surface area contributed by atoms with Gasteiger partial charge in [-0.15, -0.1) is 13.2 Å². The fraction of sp³-hybridized carbons (Fsp3) is 0.440. The Balaban J connectivity index is 1.74. The maximum absolute atomic E-state index is 12.5. The minimum atomic E-state index is -4.73. The zero-order valence-electron chi connectivity index (χ0n) is 19.1. The topological polar surface area (TPSA) is 62.9 Å². The Morgan fingerprint density at radius 3 is 2.27 bits per heavy atom. The lowest BCUT2D eigenvalue weighted by Crippen LogP contribution is -2.35. The van der Waals surface area contributed by atoms with Gasteiger partial charge in [-0.2, -0.15) is 5.26 Å². The number of nitrogens with one attached hydrogen (secondary N) is 1. The Bertz CT molecular complexity index is 1190. The smallest absolute Gasteiger partial charge is 0.406 e. The third kappa shape index (κ3) is 5.24. The molecule has 0 saturated heterocycles. The second-order valence-electron chi connectivity index (χ2n) is 10.4. The number of halogens is 3. The van der Waals surface area contributed by atoms with Gasteiger partial charge >= 0.3 is 6.36 Å². The maximum atomic E-state index is 12.5. The molecule has 0 atom stereocenters. The second-order valence-corrected chi connectivity index (χ2v) is 10.4. The number of ether oxygens (including phenoxy) is 1. The van der Waals surface area contributed by atoms with Crippen LogP contribution in [-0.4, -0.2) is 15.9 Å². The normalized spacial score (nSPS) is 18.1. The Hall–Kier alpha value is -3.21. The van der Waals surface area contributed by atoms with E-state index in [1.165, 1.54) is 24.3 Å². The SMILES string of the molecule is CC1(C)CC(n2c(Nc3ccc(OC(F)(F)F)cc3)nc3cc(C#N)ccc32)CC(C)(C)C1. The molecule has 0 bridgehead atoms. The first kappa shape index (κ1) is 23.0.